The molecule has 0 radical (unpaired) electrons. The van der Waals surface area contributed by atoms with Crippen LogP contribution in [0.15, 0.2) is 146 Å². The van der Waals surface area contributed by atoms with Crippen LogP contribution in [0.5, 0.6) is 0 Å². The minimum atomic E-state index is -0.0778. The maximum atomic E-state index is 2.71. The van der Waals surface area contributed by atoms with Crippen LogP contribution in [0.4, 0.5) is 51.2 Å². The normalized spacial score (nSPS) is 16.0. The minimum Gasteiger partial charge on any atom is -0.311 e. The van der Waals surface area contributed by atoms with E-state index in [1.165, 1.54) is 93.3 Å². The molecule has 5 heteroatoms. The van der Waals surface area contributed by atoms with Crippen LogP contribution in [0, 0.1) is 0 Å². The Balaban J connectivity index is 1.34. The van der Waals surface area contributed by atoms with Crippen LogP contribution in [0.1, 0.15) is 157 Å². The van der Waals surface area contributed by atoms with Gasteiger partial charge in [0.15, 0.2) is 0 Å². The number of hydrogen-bond donors (Lipinski definition) is 0. The van der Waals surface area contributed by atoms with E-state index < -0.39 is 0 Å². The smallest absolute Gasteiger partial charge is 0.264 e. The van der Waals surface area contributed by atoms with Gasteiger partial charge in [0.25, 0.3) is 6.71 Å². The summed E-state index contributed by atoms with van der Waals surface area (Å²) in [6.45, 7) is 38.2. The molecule has 372 valence electrons. The van der Waals surface area contributed by atoms with Crippen molar-refractivity contribution < 1.29 is 0 Å². The van der Waals surface area contributed by atoms with Gasteiger partial charge in [-0.15, -0.1) is 11.3 Å². The Bertz CT molecular complexity index is 3370. The van der Waals surface area contributed by atoms with Crippen molar-refractivity contribution in [3.63, 3.8) is 0 Å². The van der Waals surface area contributed by atoms with Crippen LogP contribution in [-0.4, -0.2) is 6.71 Å². The fraction of sp³-hybridized carbons (Fsp3) is 0.353. The Morgan fingerprint density at radius 2 is 0.945 bits per heavy atom. The molecule has 1 aromatic heterocycles. The first-order valence-corrected chi connectivity index (χ1v) is 27.7. The number of nitrogens with zero attached hydrogens (tertiary/aromatic N) is 3. The highest BCUT2D eigenvalue weighted by atomic mass is 32.1. The van der Waals surface area contributed by atoms with E-state index in [4.69, 9.17) is 0 Å². The van der Waals surface area contributed by atoms with Crippen LogP contribution >= 0.6 is 11.3 Å². The monoisotopic (exact) mass is 978 g/mol. The lowest BCUT2D eigenvalue weighted by molar-refractivity contribution is 0.332. The molecule has 2 aliphatic heterocycles. The summed E-state index contributed by atoms with van der Waals surface area (Å²) in [4.78, 5) is 7.85. The van der Waals surface area contributed by atoms with Crippen molar-refractivity contribution in [3.8, 4) is 0 Å². The maximum Gasteiger partial charge on any atom is 0.264 e. The van der Waals surface area contributed by atoms with Crippen LogP contribution in [0.2, 0.25) is 0 Å². The third-order valence-electron chi connectivity index (χ3n) is 16.7. The Labute approximate surface area is 442 Å². The molecular weight excluding hydrogens is 902 g/mol. The van der Waals surface area contributed by atoms with Gasteiger partial charge >= 0.3 is 0 Å². The van der Waals surface area contributed by atoms with Crippen molar-refractivity contribution in [1.29, 1.82) is 0 Å². The lowest BCUT2D eigenvalue weighted by Crippen LogP contribution is -2.61. The van der Waals surface area contributed by atoms with Crippen molar-refractivity contribution >= 4 is 95.0 Å². The molecule has 8 aromatic rings. The maximum absolute atomic E-state index is 2.71. The van der Waals surface area contributed by atoms with E-state index >= 15 is 0 Å². The number of thiophene rings is 1. The summed E-state index contributed by atoms with van der Waals surface area (Å²) in [6, 6.07) is 56.8. The summed E-state index contributed by atoms with van der Waals surface area (Å²) in [7, 11) is 0. The highest BCUT2D eigenvalue weighted by Crippen LogP contribution is 2.54. The number of benzene rings is 7. The molecule has 3 heterocycles. The van der Waals surface area contributed by atoms with Gasteiger partial charge in [0, 0.05) is 54.7 Å². The number of hydrogen-bond acceptors (Lipinski definition) is 4. The number of anilines is 9. The lowest BCUT2D eigenvalue weighted by Gasteiger charge is -2.47. The van der Waals surface area contributed by atoms with Gasteiger partial charge < -0.3 is 14.7 Å². The molecule has 0 atom stereocenters. The van der Waals surface area contributed by atoms with Crippen LogP contribution in [-0.2, 0) is 32.5 Å². The van der Waals surface area contributed by atoms with E-state index in [2.05, 4.69) is 271 Å². The Morgan fingerprint density at radius 3 is 1.47 bits per heavy atom. The van der Waals surface area contributed by atoms with Gasteiger partial charge in [-0.1, -0.05) is 178 Å². The molecule has 0 saturated heterocycles. The van der Waals surface area contributed by atoms with Crippen molar-refractivity contribution in [2.75, 3.05) is 14.7 Å². The fourth-order valence-electron chi connectivity index (χ4n) is 12.0. The van der Waals surface area contributed by atoms with E-state index in [1.807, 2.05) is 11.3 Å². The largest absolute Gasteiger partial charge is 0.311 e. The molecule has 3 nitrogen and oxygen atoms in total. The standard InChI is InChI=1S/C68H76BN3S/c1-63(2,3)43-27-30-49(31-28-43)72-58-40-51(70(47-23-19-17-20-24-47)48-25-21-18-22-26-48)39-57-60(58)69(62-61(72)52-38-44(64(4,5)6)29-32-59(52)73-62)55-41-53-54(68(15,16)34-33-67(53,13)14)42-56(55)71(57)50-36-45(65(7,8)9)35-46(37-50)66(10,11)12/h17-32,35-42H,33-34H2,1-16H3. The summed E-state index contributed by atoms with van der Waals surface area (Å²) in [5.74, 6) is 0. The van der Waals surface area contributed by atoms with Gasteiger partial charge in [0.2, 0.25) is 0 Å². The summed E-state index contributed by atoms with van der Waals surface area (Å²) in [6.07, 6.45) is 2.31. The minimum absolute atomic E-state index is 0.00873. The first-order valence-electron chi connectivity index (χ1n) is 26.9. The summed E-state index contributed by atoms with van der Waals surface area (Å²) >= 11 is 2.01. The second-order valence-corrected chi connectivity index (χ2v) is 28.2. The molecule has 0 saturated carbocycles. The van der Waals surface area contributed by atoms with Gasteiger partial charge in [0.1, 0.15) is 0 Å². The first kappa shape index (κ1) is 49.2. The third-order valence-corrected chi connectivity index (χ3v) is 17.9. The number of fused-ring (bicyclic) bond motifs is 7. The fourth-order valence-corrected chi connectivity index (χ4v) is 13.3. The highest BCUT2D eigenvalue weighted by Gasteiger charge is 2.48. The van der Waals surface area contributed by atoms with Crippen LogP contribution in [0.25, 0.3) is 10.1 Å². The summed E-state index contributed by atoms with van der Waals surface area (Å²) in [5, 5.41) is 1.32. The molecule has 1 aliphatic carbocycles. The van der Waals surface area contributed by atoms with E-state index in [0.29, 0.717) is 0 Å². The molecular formula is C68H76BN3S. The number of para-hydroxylation sites is 2. The predicted octanol–water partition coefficient (Wildman–Crippen LogP) is 18.0. The molecule has 7 aromatic carbocycles. The Morgan fingerprint density at radius 1 is 0.452 bits per heavy atom. The van der Waals surface area contributed by atoms with Gasteiger partial charge in [-0.3, -0.25) is 0 Å². The summed E-state index contributed by atoms with van der Waals surface area (Å²) in [5.41, 5.74) is 21.8. The van der Waals surface area contributed by atoms with Crippen molar-refractivity contribution in [1.82, 2.24) is 0 Å². The molecule has 0 spiro atoms. The Kier molecular flexibility index (Phi) is 11.3. The van der Waals surface area contributed by atoms with Crippen LogP contribution in [0.3, 0.4) is 0 Å². The molecule has 11 rings (SSSR count). The molecule has 0 bridgehead atoms. The average Bonchev–Trinajstić information content (AvgIpc) is 3.71. The molecule has 0 fully saturated rings. The molecule has 0 N–H and O–H groups in total. The lowest BCUT2D eigenvalue weighted by atomic mass is 9.35. The second-order valence-electron chi connectivity index (χ2n) is 27.1. The van der Waals surface area contributed by atoms with Gasteiger partial charge in [-0.25, -0.2) is 0 Å². The highest BCUT2D eigenvalue weighted by molar-refractivity contribution is 7.33. The first-order chi connectivity index (χ1) is 34.2. The van der Waals surface area contributed by atoms with Gasteiger partial charge in [-0.05, 0) is 169 Å². The third kappa shape index (κ3) is 8.33. The van der Waals surface area contributed by atoms with Crippen molar-refractivity contribution in [2.45, 2.75) is 156 Å². The van der Waals surface area contributed by atoms with Crippen molar-refractivity contribution in [2.24, 2.45) is 0 Å². The molecule has 73 heavy (non-hydrogen) atoms. The predicted molar refractivity (Wildman–Crippen MR) is 321 cm³/mol. The second kappa shape index (κ2) is 16.7. The van der Waals surface area contributed by atoms with Crippen molar-refractivity contribution in [3.05, 3.63) is 179 Å². The molecule has 3 aliphatic rings. The van der Waals surface area contributed by atoms with E-state index in [0.717, 1.165) is 29.9 Å². The zero-order chi connectivity index (χ0) is 51.9. The van der Waals surface area contributed by atoms with Gasteiger partial charge in [-0.2, -0.15) is 0 Å². The molecule has 0 amide bonds. The zero-order valence-corrected chi connectivity index (χ0v) is 47.4. The molecule has 0 unspecified atom stereocenters. The number of rotatable bonds is 5. The zero-order valence-electron chi connectivity index (χ0n) is 46.6. The SMILES string of the molecule is CC(C)(C)c1ccc(N2c3cc(N(c4ccccc4)c4ccccc4)cc4c3B(c3cc5c(cc3N4c3cc(C(C)(C)C)cc(C(C)(C)C)c3)C(C)(C)CCC5(C)C)c3sc4ccc(C(C)(C)C)cc4c32)cc1. The summed E-state index contributed by atoms with van der Waals surface area (Å²) < 4.78 is 2.74. The Hall–Kier alpha value is -6.04. The van der Waals surface area contributed by atoms with Gasteiger partial charge in [0.05, 0.1) is 11.4 Å². The van der Waals surface area contributed by atoms with E-state index in [-0.39, 0.29) is 39.2 Å². The van der Waals surface area contributed by atoms with Crippen LogP contribution < -0.4 is 30.4 Å². The van der Waals surface area contributed by atoms with E-state index in [9.17, 15) is 0 Å². The van der Waals surface area contributed by atoms with E-state index in [1.54, 1.807) is 0 Å². The topological polar surface area (TPSA) is 9.72 Å². The quantitative estimate of drug-likeness (QED) is 0.159. The average molecular weight is 978 g/mol.